The number of aryl methyl sites for hydroxylation is 1. The number of halogens is 3. The van der Waals surface area contributed by atoms with E-state index in [2.05, 4.69) is 9.72 Å². The first kappa shape index (κ1) is 12.8. The lowest BCUT2D eigenvalue weighted by Gasteiger charge is -2.11. The molecule has 0 amide bonds. The van der Waals surface area contributed by atoms with E-state index >= 15 is 0 Å². The maximum Gasteiger partial charge on any atom is 0.411 e. The summed E-state index contributed by atoms with van der Waals surface area (Å²) >= 11 is 0. The lowest BCUT2D eigenvalue weighted by Crippen LogP contribution is -2.17. The summed E-state index contributed by atoms with van der Waals surface area (Å²) in [6.07, 6.45) is -2.79. The molecule has 0 aliphatic carbocycles. The van der Waals surface area contributed by atoms with Crippen LogP contribution < -0.4 is 5.73 Å². The third-order valence-corrected chi connectivity index (χ3v) is 2.18. The molecule has 3 nitrogen and oxygen atoms in total. The van der Waals surface area contributed by atoms with E-state index in [-0.39, 0.29) is 6.61 Å². The minimum absolute atomic E-state index is 0.185. The molecule has 1 aromatic heterocycles. The third kappa shape index (κ3) is 3.37. The van der Waals surface area contributed by atoms with Gasteiger partial charge in [0.25, 0.3) is 0 Å². The van der Waals surface area contributed by atoms with E-state index in [0.29, 0.717) is 16.9 Å². The van der Waals surface area contributed by atoms with Gasteiger partial charge in [-0.2, -0.15) is 13.2 Å². The van der Waals surface area contributed by atoms with Gasteiger partial charge in [0.15, 0.2) is 0 Å². The SMILES string of the molecule is Cc1cnc(COCC(F)(F)F)c(C)c1N. The smallest absolute Gasteiger partial charge is 0.398 e. The van der Waals surface area contributed by atoms with Gasteiger partial charge in [-0.3, -0.25) is 4.98 Å². The fraction of sp³-hybridized carbons (Fsp3) is 0.500. The molecule has 0 saturated heterocycles. The standard InChI is InChI=1S/C10H13F3N2O/c1-6-3-15-8(7(2)9(6)14)4-16-5-10(11,12)13/h3H,4-5H2,1-2H3,(H2,14,15). The number of alkyl halides is 3. The summed E-state index contributed by atoms with van der Waals surface area (Å²) in [6, 6.07) is 0. The second-order valence-corrected chi connectivity index (χ2v) is 3.53. The molecule has 1 heterocycles. The van der Waals surface area contributed by atoms with Crippen LogP contribution in [0, 0.1) is 13.8 Å². The van der Waals surface area contributed by atoms with Crippen molar-refractivity contribution in [3.63, 3.8) is 0 Å². The Labute approximate surface area is 91.4 Å². The monoisotopic (exact) mass is 234 g/mol. The Morgan fingerprint density at radius 2 is 2.00 bits per heavy atom. The lowest BCUT2D eigenvalue weighted by molar-refractivity contribution is -0.176. The highest BCUT2D eigenvalue weighted by molar-refractivity contribution is 5.53. The van der Waals surface area contributed by atoms with Crippen LogP contribution in [0.3, 0.4) is 0 Å². The molecule has 0 radical (unpaired) electrons. The van der Waals surface area contributed by atoms with E-state index in [0.717, 1.165) is 5.56 Å². The van der Waals surface area contributed by atoms with Gasteiger partial charge in [0.2, 0.25) is 0 Å². The van der Waals surface area contributed by atoms with Crippen LogP contribution in [0.5, 0.6) is 0 Å². The first-order chi connectivity index (χ1) is 7.31. The quantitative estimate of drug-likeness (QED) is 0.873. The maximum absolute atomic E-state index is 11.8. The van der Waals surface area contributed by atoms with Crippen molar-refractivity contribution < 1.29 is 17.9 Å². The summed E-state index contributed by atoms with van der Waals surface area (Å²) in [5.41, 5.74) is 8.17. The normalized spacial score (nSPS) is 11.8. The van der Waals surface area contributed by atoms with Crippen LogP contribution in [0.4, 0.5) is 18.9 Å². The summed E-state index contributed by atoms with van der Waals surface area (Å²) in [6.45, 7) is 2.04. The number of anilines is 1. The molecule has 0 saturated carbocycles. The summed E-state index contributed by atoms with van der Waals surface area (Å²) in [7, 11) is 0. The molecule has 0 spiro atoms. The van der Waals surface area contributed by atoms with Gasteiger partial charge in [-0.15, -0.1) is 0 Å². The van der Waals surface area contributed by atoms with Crippen LogP contribution in [0.15, 0.2) is 6.20 Å². The highest BCUT2D eigenvalue weighted by atomic mass is 19.4. The molecule has 1 aromatic rings. The third-order valence-electron chi connectivity index (χ3n) is 2.18. The van der Waals surface area contributed by atoms with Gasteiger partial charge in [0.05, 0.1) is 12.3 Å². The highest BCUT2D eigenvalue weighted by Gasteiger charge is 2.27. The molecule has 0 aliphatic rings. The van der Waals surface area contributed by atoms with Crippen molar-refractivity contribution in [3.8, 4) is 0 Å². The molecule has 0 atom stereocenters. The zero-order valence-electron chi connectivity index (χ0n) is 9.06. The van der Waals surface area contributed by atoms with E-state index in [1.807, 2.05) is 0 Å². The van der Waals surface area contributed by atoms with Crippen molar-refractivity contribution in [2.45, 2.75) is 26.6 Å². The van der Waals surface area contributed by atoms with Crippen LogP contribution in [0.25, 0.3) is 0 Å². The molecule has 2 N–H and O–H groups in total. The van der Waals surface area contributed by atoms with Gasteiger partial charge in [0.1, 0.15) is 6.61 Å². The number of nitrogens with zero attached hydrogens (tertiary/aromatic N) is 1. The fourth-order valence-electron chi connectivity index (χ4n) is 1.20. The van der Waals surface area contributed by atoms with E-state index in [1.54, 1.807) is 13.8 Å². The summed E-state index contributed by atoms with van der Waals surface area (Å²) < 4.78 is 40.0. The molecular weight excluding hydrogens is 221 g/mol. The Bertz CT molecular complexity index is 377. The number of aromatic nitrogens is 1. The number of ether oxygens (including phenoxy) is 1. The average molecular weight is 234 g/mol. The van der Waals surface area contributed by atoms with Gasteiger partial charge in [0, 0.05) is 11.9 Å². The summed E-state index contributed by atoms with van der Waals surface area (Å²) in [5, 5.41) is 0. The molecule has 0 bridgehead atoms. The minimum Gasteiger partial charge on any atom is -0.398 e. The fourth-order valence-corrected chi connectivity index (χ4v) is 1.20. The Hall–Kier alpha value is -1.30. The molecule has 16 heavy (non-hydrogen) atoms. The molecular formula is C10H13F3N2O. The predicted molar refractivity (Wildman–Crippen MR) is 53.8 cm³/mol. The largest absolute Gasteiger partial charge is 0.411 e. The van der Waals surface area contributed by atoms with Crippen molar-refractivity contribution in [2.24, 2.45) is 0 Å². The van der Waals surface area contributed by atoms with Crippen LogP contribution in [0.1, 0.15) is 16.8 Å². The number of nitrogens with two attached hydrogens (primary N) is 1. The van der Waals surface area contributed by atoms with Crippen molar-refractivity contribution in [1.82, 2.24) is 4.98 Å². The number of rotatable bonds is 3. The topological polar surface area (TPSA) is 48.1 Å². The van der Waals surface area contributed by atoms with E-state index in [9.17, 15) is 13.2 Å². The minimum atomic E-state index is -4.32. The molecule has 0 unspecified atom stereocenters. The molecule has 6 heteroatoms. The average Bonchev–Trinajstić information content (AvgIpc) is 2.16. The highest BCUT2D eigenvalue weighted by Crippen LogP contribution is 2.20. The zero-order chi connectivity index (χ0) is 12.3. The Morgan fingerprint density at radius 3 is 2.56 bits per heavy atom. The lowest BCUT2D eigenvalue weighted by atomic mass is 10.1. The Morgan fingerprint density at radius 1 is 1.38 bits per heavy atom. The molecule has 1 rings (SSSR count). The van der Waals surface area contributed by atoms with Gasteiger partial charge >= 0.3 is 6.18 Å². The van der Waals surface area contributed by atoms with Crippen LogP contribution in [-0.2, 0) is 11.3 Å². The van der Waals surface area contributed by atoms with Crippen LogP contribution in [0.2, 0.25) is 0 Å². The molecule has 0 aromatic carbocycles. The van der Waals surface area contributed by atoms with E-state index < -0.39 is 12.8 Å². The van der Waals surface area contributed by atoms with Crippen molar-refractivity contribution in [2.75, 3.05) is 12.3 Å². The number of nitrogen functional groups attached to an aromatic ring is 1. The van der Waals surface area contributed by atoms with Gasteiger partial charge in [-0.25, -0.2) is 0 Å². The molecule has 0 aliphatic heterocycles. The number of hydrogen-bond acceptors (Lipinski definition) is 3. The summed E-state index contributed by atoms with van der Waals surface area (Å²) in [5.74, 6) is 0. The van der Waals surface area contributed by atoms with Crippen LogP contribution >= 0.6 is 0 Å². The van der Waals surface area contributed by atoms with E-state index in [4.69, 9.17) is 5.73 Å². The predicted octanol–water partition coefficient (Wildman–Crippen LogP) is 2.36. The zero-order valence-corrected chi connectivity index (χ0v) is 9.06. The Kier molecular flexibility index (Phi) is 3.74. The van der Waals surface area contributed by atoms with E-state index in [1.165, 1.54) is 6.20 Å². The first-order valence-electron chi connectivity index (χ1n) is 4.66. The number of pyridine rings is 1. The number of hydrogen-bond donors (Lipinski definition) is 1. The second kappa shape index (κ2) is 4.69. The van der Waals surface area contributed by atoms with Gasteiger partial charge in [-0.1, -0.05) is 0 Å². The Balaban J connectivity index is 2.65. The van der Waals surface area contributed by atoms with Crippen molar-refractivity contribution in [3.05, 3.63) is 23.0 Å². The first-order valence-corrected chi connectivity index (χ1v) is 4.66. The molecule has 90 valence electrons. The van der Waals surface area contributed by atoms with Gasteiger partial charge < -0.3 is 10.5 Å². The maximum atomic E-state index is 11.8. The van der Waals surface area contributed by atoms with Gasteiger partial charge in [-0.05, 0) is 25.0 Å². The molecule has 0 fully saturated rings. The van der Waals surface area contributed by atoms with Crippen molar-refractivity contribution >= 4 is 5.69 Å². The second-order valence-electron chi connectivity index (χ2n) is 3.53. The van der Waals surface area contributed by atoms with Crippen molar-refractivity contribution in [1.29, 1.82) is 0 Å². The summed E-state index contributed by atoms with van der Waals surface area (Å²) in [4.78, 5) is 3.99. The van der Waals surface area contributed by atoms with Crippen LogP contribution in [-0.4, -0.2) is 17.8 Å².